The quantitative estimate of drug-likeness (QED) is 0.178. The third kappa shape index (κ3) is 4.25. The molecule has 8 heteroatoms. The lowest BCUT2D eigenvalue weighted by Crippen LogP contribution is -2.29. The van der Waals surface area contributed by atoms with E-state index in [1.54, 1.807) is 48.5 Å². The Bertz CT molecular complexity index is 1490. The zero-order chi connectivity index (χ0) is 25.4. The molecule has 182 valence electrons. The van der Waals surface area contributed by atoms with Crippen LogP contribution in [0.1, 0.15) is 36.6 Å². The first-order valence-electron chi connectivity index (χ1n) is 11.6. The Labute approximate surface area is 217 Å². The number of hydrogen-bond acceptors (Lipinski definition) is 6. The number of fused-ring (bicyclic) bond motifs is 1. The molecule has 5 rings (SSSR count). The van der Waals surface area contributed by atoms with Crippen LogP contribution < -0.4 is 9.64 Å². The molecule has 0 unspecified atom stereocenters. The average molecular weight is 519 g/mol. The van der Waals surface area contributed by atoms with Gasteiger partial charge in [-0.2, -0.15) is 0 Å². The number of Topliss-reactive ketones (excluding diaryl/α,β-unsaturated/α-hetero) is 1. The van der Waals surface area contributed by atoms with Crippen molar-refractivity contribution in [1.82, 2.24) is 4.98 Å². The van der Waals surface area contributed by atoms with Crippen LogP contribution in [-0.4, -0.2) is 28.4 Å². The van der Waals surface area contributed by atoms with Crippen molar-refractivity contribution in [3.8, 4) is 5.75 Å². The number of aliphatic hydroxyl groups excluding tert-OH is 1. The van der Waals surface area contributed by atoms with Gasteiger partial charge in [0.25, 0.3) is 5.78 Å². The summed E-state index contributed by atoms with van der Waals surface area (Å²) in [5, 5.41) is 12.1. The van der Waals surface area contributed by atoms with E-state index < -0.39 is 17.7 Å². The second-order valence-electron chi connectivity index (χ2n) is 8.33. The van der Waals surface area contributed by atoms with Gasteiger partial charge in [-0.1, -0.05) is 48.1 Å². The van der Waals surface area contributed by atoms with Gasteiger partial charge in [0, 0.05) is 10.6 Å². The van der Waals surface area contributed by atoms with Crippen LogP contribution >= 0.6 is 22.9 Å². The molecule has 1 fully saturated rings. The molecule has 2 heterocycles. The Hall–Kier alpha value is -3.68. The van der Waals surface area contributed by atoms with E-state index in [1.807, 2.05) is 25.1 Å². The van der Waals surface area contributed by atoms with Crippen molar-refractivity contribution in [2.24, 2.45) is 0 Å². The van der Waals surface area contributed by atoms with Gasteiger partial charge in [-0.05, 0) is 73.0 Å². The number of aryl methyl sites for hydroxylation is 1. The molecule has 1 atom stereocenters. The van der Waals surface area contributed by atoms with E-state index in [9.17, 15) is 14.7 Å². The standard InChI is InChI=1S/C28H23ClN2O4S/c1-3-16-5-14-21-22(15-16)36-28(30-21)31-24(17-8-12-20(13-9-17)35-4-2)23(26(33)27(31)34)25(32)18-6-10-19(29)11-7-18/h5-15,24,32H,3-4H2,1-2H3/b25-23+/t24-/m0/s1. The number of ketones is 1. The molecule has 0 spiro atoms. The van der Waals surface area contributed by atoms with Crippen LogP contribution in [0.5, 0.6) is 5.75 Å². The van der Waals surface area contributed by atoms with E-state index in [0.717, 1.165) is 22.2 Å². The summed E-state index contributed by atoms with van der Waals surface area (Å²) in [6.45, 7) is 4.48. The highest BCUT2D eigenvalue weighted by Crippen LogP contribution is 2.44. The number of ether oxygens (including phenoxy) is 1. The first kappa shape index (κ1) is 24.0. The van der Waals surface area contributed by atoms with Crippen molar-refractivity contribution >= 4 is 55.7 Å². The SMILES string of the molecule is CCOc1ccc([C@H]2/C(=C(\O)c3ccc(Cl)cc3)C(=O)C(=O)N2c2nc3ccc(CC)cc3s2)cc1. The Balaban J connectivity index is 1.69. The summed E-state index contributed by atoms with van der Waals surface area (Å²) in [7, 11) is 0. The highest BCUT2D eigenvalue weighted by molar-refractivity contribution is 7.22. The van der Waals surface area contributed by atoms with Crippen molar-refractivity contribution in [3.05, 3.63) is 94.0 Å². The van der Waals surface area contributed by atoms with E-state index in [1.165, 1.54) is 16.2 Å². The van der Waals surface area contributed by atoms with E-state index in [0.29, 0.717) is 33.6 Å². The minimum atomic E-state index is -0.859. The topological polar surface area (TPSA) is 79.7 Å². The van der Waals surface area contributed by atoms with Crippen LogP contribution in [0.25, 0.3) is 16.0 Å². The lowest BCUT2D eigenvalue weighted by atomic mass is 9.95. The molecule has 4 aromatic rings. The van der Waals surface area contributed by atoms with Gasteiger partial charge in [-0.25, -0.2) is 4.98 Å². The molecule has 0 radical (unpaired) electrons. The van der Waals surface area contributed by atoms with Crippen LogP contribution in [0.2, 0.25) is 5.02 Å². The molecule has 1 saturated heterocycles. The predicted octanol–water partition coefficient (Wildman–Crippen LogP) is 6.54. The number of carbonyl (C=O) groups excluding carboxylic acids is 2. The van der Waals surface area contributed by atoms with Crippen LogP contribution in [-0.2, 0) is 16.0 Å². The Kier molecular flexibility index (Phi) is 6.51. The van der Waals surface area contributed by atoms with Gasteiger partial charge in [-0.15, -0.1) is 0 Å². The minimum Gasteiger partial charge on any atom is -0.507 e. The summed E-state index contributed by atoms with van der Waals surface area (Å²) in [6, 6.07) is 18.8. The van der Waals surface area contributed by atoms with Crippen molar-refractivity contribution < 1.29 is 19.4 Å². The first-order chi connectivity index (χ1) is 17.4. The molecule has 3 aromatic carbocycles. The van der Waals surface area contributed by atoms with Crippen molar-refractivity contribution in [3.63, 3.8) is 0 Å². The lowest BCUT2D eigenvalue weighted by molar-refractivity contribution is -0.132. The summed E-state index contributed by atoms with van der Waals surface area (Å²) in [6.07, 6.45) is 0.876. The average Bonchev–Trinajstić information content (AvgIpc) is 3.42. The summed E-state index contributed by atoms with van der Waals surface area (Å²) in [4.78, 5) is 32.8. The fourth-order valence-corrected chi connectivity index (χ4v) is 5.48. The number of anilines is 1. The third-order valence-corrected chi connectivity index (χ3v) is 7.39. The number of aliphatic hydroxyl groups is 1. The third-order valence-electron chi connectivity index (χ3n) is 6.12. The first-order valence-corrected chi connectivity index (χ1v) is 12.8. The Morgan fingerprint density at radius 3 is 2.44 bits per heavy atom. The summed E-state index contributed by atoms with van der Waals surface area (Å²) in [5.41, 5.74) is 2.95. The Morgan fingerprint density at radius 2 is 1.78 bits per heavy atom. The van der Waals surface area contributed by atoms with Gasteiger partial charge in [0.15, 0.2) is 5.13 Å². The summed E-state index contributed by atoms with van der Waals surface area (Å²) >= 11 is 7.36. The van der Waals surface area contributed by atoms with Gasteiger partial charge in [0.1, 0.15) is 11.5 Å². The summed E-state index contributed by atoms with van der Waals surface area (Å²) in [5.74, 6) is -1.10. The second kappa shape index (κ2) is 9.76. The maximum absolute atomic E-state index is 13.4. The van der Waals surface area contributed by atoms with E-state index >= 15 is 0 Å². The fraction of sp³-hybridized carbons (Fsp3) is 0.179. The van der Waals surface area contributed by atoms with E-state index in [-0.39, 0.29) is 11.3 Å². The van der Waals surface area contributed by atoms with Crippen molar-refractivity contribution in [2.75, 3.05) is 11.5 Å². The number of nitrogens with zero attached hydrogens (tertiary/aromatic N) is 2. The molecule has 36 heavy (non-hydrogen) atoms. The smallest absolute Gasteiger partial charge is 0.301 e. The fourth-order valence-electron chi connectivity index (χ4n) is 4.30. The van der Waals surface area contributed by atoms with Gasteiger partial charge in [0.05, 0.1) is 28.4 Å². The predicted molar refractivity (Wildman–Crippen MR) is 143 cm³/mol. The van der Waals surface area contributed by atoms with Crippen LogP contribution in [0.4, 0.5) is 5.13 Å². The molecule has 1 aliphatic heterocycles. The monoisotopic (exact) mass is 518 g/mol. The number of halogens is 1. The molecular formula is C28H23ClN2O4S. The van der Waals surface area contributed by atoms with Crippen LogP contribution in [0, 0.1) is 0 Å². The second-order valence-corrected chi connectivity index (χ2v) is 9.78. The molecule has 0 aliphatic carbocycles. The highest BCUT2D eigenvalue weighted by Gasteiger charge is 2.48. The van der Waals surface area contributed by atoms with Crippen molar-refractivity contribution in [2.45, 2.75) is 26.3 Å². The minimum absolute atomic E-state index is 0.0000133. The number of benzene rings is 3. The van der Waals surface area contributed by atoms with Crippen LogP contribution in [0.15, 0.2) is 72.3 Å². The molecule has 1 amide bonds. The molecule has 6 nitrogen and oxygen atoms in total. The molecule has 0 saturated carbocycles. The molecule has 1 aromatic heterocycles. The number of hydrogen-bond donors (Lipinski definition) is 1. The lowest BCUT2D eigenvalue weighted by Gasteiger charge is -2.23. The van der Waals surface area contributed by atoms with Gasteiger partial charge >= 0.3 is 5.91 Å². The molecule has 0 bridgehead atoms. The maximum atomic E-state index is 13.4. The number of rotatable bonds is 6. The van der Waals surface area contributed by atoms with Gasteiger partial charge in [0.2, 0.25) is 0 Å². The van der Waals surface area contributed by atoms with Gasteiger partial charge < -0.3 is 9.84 Å². The van der Waals surface area contributed by atoms with E-state index in [2.05, 4.69) is 11.9 Å². The zero-order valence-corrected chi connectivity index (χ0v) is 21.3. The largest absolute Gasteiger partial charge is 0.507 e. The Morgan fingerprint density at radius 1 is 1.06 bits per heavy atom. The molecule has 1 aliphatic rings. The molecule has 1 N–H and O–H groups in total. The number of carbonyl (C=O) groups is 2. The van der Waals surface area contributed by atoms with E-state index in [4.69, 9.17) is 16.3 Å². The highest BCUT2D eigenvalue weighted by atomic mass is 35.5. The number of thiazole rings is 1. The summed E-state index contributed by atoms with van der Waals surface area (Å²) < 4.78 is 6.49. The number of aromatic nitrogens is 1. The normalized spacial score (nSPS) is 17.2. The van der Waals surface area contributed by atoms with Gasteiger partial charge in [-0.3, -0.25) is 14.5 Å². The molecular weight excluding hydrogens is 496 g/mol. The van der Waals surface area contributed by atoms with Crippen LogP contribution in [0.3, 0.4) is 0 Å². The zero-order valence-electron chi connectivity index (χ0n) is 19.7. The number of amides is 1. The van der Waals surface area contributed by atoms with Crippen molar-refractivity contribution in [1.29, 1.82) is 0 Å². The maximum Gasteiger partial charge on any atom is 0.301 e.